The second-order valence-electron chi connectivity index (χ2n) is 7.26. The predicted octanol–water partition coefficient (Wildman–Crippen LogP) is 3.60. The van der Waals surface area contributed by atoms with Gasteiger partial charge in [0.25, 0.3) is 0 Å². The van der Waals surface area contributed by atoms with Crippen molar-refractivity contribution in [3.8, 4) is 23.0 Å². The van der Waals surface area contributed by atoms with E-state index in [1.54, 1.807) is 33.5 Å². The molecule has 1 saturated heterocycles. The highest BCUT2D eigenvalue weighted by molar-refractivity contribution is 6.30. The standard InChI is InChI=1S/C24H29ClN2O5/c1-29-21-16-18(17-22(30-2)24(21)31-3)4-9-23(28)27-12-10-26(11-13-27)14-15-32-20-7-5-19(25)6-8-20/h4-9,16-17H,10-15H2,1-3H3. The van der Waals surface area contributed by atoms with Gasteiger partial charge < -0.3 is 23.8 Å². The Morgan fingerprint density at radius 3 is 2.16 bits per heavy atom. The first-order valence-corrected chi connectivity index (χ1v) is 10.8. The zero-order valence-corrected chi connectivity index (χ0v) is 19.4. The Balaban J connectivity index is 1.48. The van der Waals surface area contributed by atoms with Gasteiger partial charge in [-0.05, 0) is 48.0 Å². The third kappa shape index (κ3) is 6.31. The van der Waals surface area contributed by atoms with E-state index in [4.69, 9.17) is 30.5 Å². The Labute approximate surface area is 194 Å². The first kappa shape index (κ1) is 23.8. The zero-order valence-electron chi connectivity index (χ0n) is 18.7. The number of halogens is 1. The zero-order chi connectivity index (χ0) is 22.9. The van der Waals surface area contributed by atoms with E-state index in [0.717, 1.165) is 30.9 Å². The highest BCUT2D eigenvalue weighted by Gasteiger charge is 2.19. The van der Waals surface area contributed by atoms with E-state index < -0.39 is 0 Å². The molecule has 0 saturated carbocycles. The summed E-state index contributed by atoms with van der Waals surface area (Å²) in [4.78, 5) is 16.8. The molecule has 3 rings (SSSR count). The Bertz CT molecular complexity index is 899. The maximum Gasteiger partial charge on any atom is 0.246 e. The maximum atomic E-state index is 12.6. The van der Waals surface area contributed by atoms with Crippen LogP contribution in [0.3, 0.4) is 0 Å². The van der Waals surface area contributed by atoms with E-state index in [2.05, 4.69) is 4.90 Å². The van der Waals surface area contributed by atoms with Gasteiger partial charge in [-0.1, -0.05) is 11.6 Å². The molecule has 2 aromatic carbocycles. The quantitative estimate of drug-likeness (QED) is 0.533. The molecule has 2 aromatic rings. The van der Waals surface area contributed by atoms with Crippen molar-refractivity contribution in [3.05, 3.63) is 53.1 Å². The van der Waals surface area contributed by atoms with Crippen molar-refractivity contribution in [1.29, 1.82) is 0 Å². The molecule has 32 heavy (non-hydrogen) atoms. The number of carbonyl (C=O) groups excluding carboxylic acids is 1. The monoisotopic (exact) mass is 460 g/mol. The number of methoxy groups -OCH3 is 3. The number of hydrogen-bond acceptors (Lipinski definition) is 6. The largest absolute Gasteiger partial charge is 0.493 e. The lowest BCUT2D eigenvalue weighted by Crippen LogP contribution is -2.49. The van der Waals surface area contributed by atoms with Crippen LogP contribution in [-0.4, -0.2) is 76.4 Å². The number of benzene rings is 2. The van der Waals surface area contributed by atoms with Crippen molar-refractivity contribution in [3.63, 3.8) is 0 Å². The molecule has 1 aliphatic rings. The molecule has 0 atom stereocenters. The predicted molar refractivity (Wildman–Crippen MR) is 125 cm³/mol. The SMILES string of the molecule is COc1cc(C=CC(=O)N2CCN(CCOc3ccc(Cl)cc3)CC2)cc(OC)c1OC. The molecule has 1 heterocycles. The van der Waals surface area contributed by atoms with Gasteiger partial charge in [0.05, 0.1) is 21.3 Å². The number of piperazine rings is 1. The van der Waals surface area contributed by atoms with Gasteiger partial charge in [-0.3, -0.25) is 9.69 Å². The average Bonchev–Trinajstić information content (AvgIpc) is 2.83. The Morgan fingerprint density at radius 1 is 0.969 bits per heavy atom. The minimum atomic E-state index is -0.0178. The second kappa shape index (κ2) is 11.6. The molecule has 1 aliphatic heterocycles. The molecule has 0 N–H and O–H groups in total. The van der Waals surface area contributed by atoms with Gasteiger partial charge in [-0.25, -0.2) is 0 Å². The molecule has 0 aliphatic carbocycles. The summed E-state index contributed by atoms with van der Waals surface area (Å²) in [5.41, 5.74) is 0.797. The first-order valence-electron chi connectivity index (χ1n) is 10.4. The summed E-state index contributed by atoms with van der Waals surface area (Å²) < 4.78 is 21.8. The Hall–Kier alpha value is -2.90. The fourth-order valence-corrected chi connectivity index (χ4v) is 3.61. The fourth-order valence-electron chi connectivity index (χ4n) is 3.49. The van der Waals surface area contributed by atoms with Crippen molar-refractivity contribution in [2.75, 3.05) is 60.7 Å². The molecule has 1 fully saturated rings. The Kier molecular flexibility index (Phi) is 8.64. The lowest BCUT2D eigenvalue weighted by Gasteiger charge is -2.34. The van der Waals surface area contributed by atoms with Crippen LogP contribution in [0.1, 0.15) is 5.56 Å². The molecular formula is C24H29ClN2O5. The molecule has 0 unspecified atom stereocenters. The van der Waals surface area contributed by atoms with E-state index in [1.807, 2.05) is 41.3 Å². The molecular weight excluding hydrogens is 432 g/mol. The highest BCUT2D eigenvalue weighted by atomic mass is 35.5. The van der Waals surface area contributed by atoms with Gasteiger partial charge in [-0.15, -0.1) is 0 Å². The topological polar surface area (TPSA) is 60.5 Å². The minimum Gasteiger partial charge on any atom is -0.493 e. The van der Waals surface area contributed by atoms with E-state index in [-0.39, 0.29) is 5.91 Å². The van der Waals surface area contributed by atoms with E-state index in [9.17, 15) is 4.79 Å². The molecule has 8 heteroatoms. The summed E-state index contributed by atoms with van der Waals surface area (Å²) in [5, 5.41) is 0.692. The maximum absolute atomic E-state index is 12.6. The number of carbonyl (C=O) groups is 1. The summed E-state index contributed by atoms with van der Waals surface area (Å²) in [6.45, 7) is 4.39. The van der Waals surface area contributed by atoms with Crippen molar-refractivity contribution < 1.29 is 23.7 Å². The van der Waals surface area contributed by atoms with E-state index in [0.29, 0.717) is 42.0 Å². The smallest absolute Gasteiger partial charge is 0.246 e. The lowest BCUT2D eigenvalue weighted by molar-refractivity contribution is -0.127. The second-order valence-corrected chi connectivity index (χ2v) is 7.70. The summed E-state index contributed by atoms with van der Waals surface area (Å²) in [7, 11) is 4.69. The van der Waals surface area contributed by atoms with Crippen LogP contribution in [0.5, 0.6) is 23.0 Å². The van der Waals surface area contributed by atoms with Crippen LogP contribution in [0.2, 0.25) is 5.02 Å². The summed E-state index contributed by atoms with van der Waals surface area (Å²) in [6.07, 6.45) is 3.35. The lowest BCUT2D eigenvalue weighted by atomic mass is 10.1. The van der Waals surface area contributed by atoms with Crippen molar-refractivity contribution in [1.82, 2.24) is 9.80 Å². The number of rotatable bonds is 9. The number of ether oxygens (including phenoxy) is 4. The van der Waals surface area contributed by atoms with Crippen LogP contribution < -0.4 is 18.9 Å². The van der Waals surface area contributed by atoms with Crippen LogP contribution in [0.15, 0.2) is 42.5 Å². The molecule has 0 aromatic heterocycles. The van der Waals surface area contributed by atoms with Crippen LogP contribution in [0.25, 0.3) is 6.08 Å². The van der Waals surface area contributed by atoms with E-state index >= 15 is 0 Å². The van der Waals surface area contributed by atoms with Gasteiger partial charge in [0.15, 0.2) is 11.5 Å². The molecule has 7 nitrogen and oxygen atoms in total. The number of amides is 1. The number of hydrogen-bond donors (Lipinski definition) is 0. The normalized spacial score (nSPS) is 14.4. The summed E-state index contributed by atoms with van der Waals surface area (Å²) in [5.74, 6) is 2.41. The fraction of sp³-hybridized carbons (Fsp3) is 0.375. The Morgan fingerprint density at radius 2 is 1.59 bits per heavy atom. The van der Waals surface area contributed by atoms with E-state index in [1.165, 1.54) is 0 Å². The van der Waals surface area contributed by atoms with Gasteiger partial charge in [0.2, 0.25) is 11.7 Å². The van der Waals surface area contributed by atoms with Crippen molar-refractivity contribution >= 4 is 23.6 Å². The molecule has 0 bridgehead atoms. The summed E-state index contributed by atoms with van der Waals surface area (Å²) in [6, 6.07) is 11.0. The van der Waals surface area contributed by atoms with Crippen LogP contribution >= 0.6 is 11.6 Å². The summed E-state index contributed by atoms with van der Waals surface area (Å²) >= 11 is 5.89. The van der Waals surface area contributed by atoms with Gasteiger partial charge in [0, 0.05) is 43.8 Å². The number of nitrogens with zero attached hydrogens (tertiary/aromatic N) is 2. The van der Waals surface area contributed by atoms with Crippen LogP contribution in [0.4, 0.5) is 0 Å². The van der Waals surface area contributed by atoms with Crippen LogP contribution in [0, 0.1) is 0 Å². The molecule has 1 amide bonds. The van der Waals surface area contributed by atoms with Gasteiger partial charge in [-0.2, -0.15) is 0 Å². The average molecular weight is 461 g/mol. The molecule has 0 spiro atoms. The van der Waals surface area contributed by atoms with Crippen molar-refractivity contribution in [2.45, 2.75) is 0 Å². The van der Waals surface area contributed by atoms with Crippen molar-refractivity contribution in [2.24, 2.45) is 0 Å². The van der Waals surface area contributed by atoms with Gasteiger partial charge >= 0.3 is 0 Å². The van der Waals surface area contributed by atoms with Gasteiger partial charge in [0.1, 0.15) is 12.4 Å². The van der Waals surface area contributed by atoms with Crippen LogP contribution in [-0.2, 0) is 4.79 Å². The third-order valence-corrected chi connectivity index (χ3v) is 5.53. The first-order chi connectivity index (χ1) is 15.5. The minimum absolute atomic E-state index is 0.0178. The molecule has 172 valence electrons. The molecule has 0 radical (unpaired) electrons. The third-order valence-electron chi connectivity index (χ3n) is 5.28. The highest BCUT2D eigenvalue weighted by Crippen LogP contribution is 2.38.